The summed E-state index contributed by atoms with van der Waals surface area (Å²) >= 11 is 7.29. The summed E-state index contributed by atoms with van der Waals surface area (Å²) in [4.78, 5) is 0. The first-order valence-electron chi connectivity index (χ1n) is 3.35. The van der Waals surface area contributed by atoms with Crippen LogP contribution in [0.4, 0.5) is 13.2 Å². The lowest BCUT2D eigenvalue weighted by molar-refractivity contribution is -0.138. The van der Waals surface area contributed by atoms with Gasteiger partial charge < -0.3 is 0 Å². The molecule has 0 heterocycles. The van der Waals surface area contributed by atoms with Crippen LogP contribution in [0.5, 0.6) is 0 Å². The molecule has 1 aromatic rings. The highest BCUT2D eigenvalue weighted by Crippen LogP contribution is 2.35. The maximum atomic E-state index is 12.3. The molecule has 1 rings (SSSR count). The Labute approximate surface area is 92.2 Å². The summed E-state index contributed by atoms with van der Waals surface area (Å²) in [6.45, 7) is 1.55. The third-order valence-electron chi connectivity index (χ3n) is 1.55. The number of hydrogen-bond donors (Lipinski definition) is 0. The molecule has 0 N–H and O–H groups in total. The van der Waals surface area contributed by atoms with E-state index in [4.69, 9.17) is 11.6 Å². The Morgan fingerprint density at radius 2 is 1.85 bits per heavy atom. The summed E-state index contributed by atoms with van der Waals surface area (Å²) < 4.78 is 37.1. The highest BCUT2D eigenvalue weighted by Gasteiger charge is 2.33. The fourth-order valence-electron chi connectivity index (χ4n) is 0.874. The molecule has 0 spiro atoms. The van der Waals surface area contributed by atoms with Crippen molar-refractivity contribution >= 4 is 34.2 Å². The number of alkyl halides is 3. The van der Waals surface area contributed by atoms with Crippen molar-refractivity contribution in [1.82, 2.24) is 0 Å². The Bertz CT molecular complexity index is 333. The molecule has 0 nitrogen and oxygen atoms in total. The summed E-state index contributed by atoms with van der Waals surface area (Å²) in [7, 11) is 0. The molecule has 0 aromatic heterocycles. The minimum Gasteiger partial charge on any atom is -0.166 e. The van der Waals surface area contributed by atoms with Crippen LogP contribution in [0.25, 0.3) is 0 Å². The van der Waals surface area contributed by atoms with Gasteiger partial charge in [0, 0.05) is 8.59 Å². The van der Waals surface area contributed by atoms with Crippen LogP contribution in [0.3, 0.4) is 0 Å². The summed E-state index contributed by atoms with van der Waals surface area (Å²) in [6, 6.07) is 2.38. The van der Waals surface area contributed by atoms with Crippen LogP contribution in [0.2, 0.25) is 5.02 Å². The van der Waals surface area contributed by atoms with Gasteiger partial charge in [-0.2, -0.15) is 13.2 Å². The Kier molecular flexibility index (Phi) is 3.12. The summed E-state index contributed by atoms with van der Waals surface area (Å²) in [5, 5.41) is 0.359. The monoisotopic (exact) mass is 320 g/mol. The van der Waals surface area contributed by atoms with Crippen LogP contribution >= 0.6 is 34.2 Å². The quantitative estimate of drug-likeness (QED) is 0.626. The predicted molar refractivity (Wildman–Crippen MR) is 53.9 cm³/mol. The largest absolute Gasteiger partial charge is 0.417 e. The zero-order valence-electron chi connectivity index (χ0n) is 6.54. The molecule has 72 valence electrons. The molecule has 1 aromatic carbocycles. The molecule has 0 aliphatic carbocycles. The van der Waals surface area contributed by atoms with Gasteiger partial charge in [0.15, 0.2) is 0 Å². The van der Waals surface area contributed by atoms with Gasteiger partial charge in [-0.1, -0.05) is 11.6 Å². The van der Waals surface area contributed by atoms with E-state index in [0.29, 0.717) is 10.6 Å². The zero-order chi connectivity index (χ0) is 10.2. The molecular weight excluding hydrogens is 315 g/mol. The van der Waals surface area contributed by atoms with Gasteiger partial charge >= 0.3 is 6.18 Å². The summed E-state index contributed by atoms with van der Waals surface area (Å²) in [6.07, 6.45) is -4.30. The Morgan fingerprint density at radius 3 is 2.31 bits per heavy atom. The van der Waals surface area contributed by atoms with E-state index in [-0.39, 0.29) is 3.57 Å². The molecule has 0 bridgehead atoms. The molecule has 0 aliphatic rings. The van der Waals surface area contributed by atoms with Gasteiger partial charge in [-0.3, -0.25) is 0 Å². The second-order valence-corrected chi connectivity index (χ2v) is 4.15. The normalized spacial score (nSPS) is 11.8. The van der Waals surface area contributed by atoms with Crippen molar-refractivity contribution in [3.05, 3.63) is 31.9 Å². The van der Waals surface area contributed by atoms with E-state index in [2.05, 4.69) is 0 Å². The van der Waals surface area contributed by atoms with Gasteiger partial charge in [-0.15, -0.1) is 0 Å². The molecule has 0 saturated carbocycles. The Hall–Kier alpha value is 0.0300. The van der Waals surface area contributed by atoms with Gasteiger partial charge in [-0.25, -0.2) is 0 Å². The molecule has 0 fully saturated rings. The Balaban J connectivity index is 3.32. The fourth-order valence-corrected chi connectivity index (χ4v) is 2.00. The van der Waals surface area contributed by atoms with Crippen LogP contribution in [-0.2, 0) is 6.18 Å². The highest BCUT2D eigenvalue weighted by atomic mass is 127. The molecular formula is C8H5ClF3I. The van der Waals surface area contributed by atoms with Crippen molar-refractivity contribution in [3.63, 3.8) is 0 Å². The summed E-state index contributed by atoms with van der Waals surface area (Å²) in [5.74, 6) is 0. The molecule has 13 heavy (non-hydrogen) atoms. The SMILES string of the molecule is Cc1cc(C(F)(F)F)c(I)cc1Cl. The number of hydrogen-bond acceptors (Lipinski definition) is 0. The topological polar surface area (TPSA) is 0 Å². The highest BCUT2D eigenvalue weighted by molar-refractivity contribution is 14.1. The third-order valence-corrected chi connectivity index (χ3v) is 2.85. The maximum Gasteiger partial charge on any atom is 0.417 e. The third kappa shape index (κ3) is 2.49. The van der Waals surface area contributed by atoms with E-state index in [1.807, 2.05) is 0 Å². The lowest BCUT2D eigenvalue weighted by atomic mass is 10.1. The Morgan fingerprint density at radius 1 is 1.31 bits per heavy atom. The number of benzene rings is 1. The zero-order valence-corrected chi connectivity index (χ0v) is 9.46. The van der Waals surface area contributed by atoms with Gasteiger partial charge in [0.05, 0.1) is 5.56 Å². The van der Waals surface area contributed by atoms with Crippen molar-refractivity contribution < 1.29 is 13.2 Å². The molecule has 0 aliphatic heterocycles. The molecule has 0 atom stereocenters. The first-order chi connectivity index (χ1) is 5.82. The molecule has 0 unspecified atom stereocenters. The van der Waals surface area contributed by atoms with E-state index < -0.39 is 11.7 Å². The number of rotatable bonds is 0. The van der Waals surface area contributed by atoms with E-state index >= 15 is 0 Å². The van der Waals surface area contributed by atoms with Crippen molar-refractivity contribution in [1.29, 1.82) is 0 Å². The van der Waals surface area contributed by atoms with Crippen LogP contribution < -0.4 is 0 Å². The minimum atomic E-state index is -4.30. The van der Waals surface area contributed by atoms with Crippen LogP contribution in [0.15, 0.2) is 12.1 Å². The van der Waals surface area contributed by atoms with Crippen LogP contribution in [-0.4, -0.2) is 0 Å². The first kappa shape index (κ1) is 11.1. The van der Waals surface area contributed by atoms with Gasteiger partial charge in [0.25, 0.3) is 0 Å². The van der Waals surface area contributed by atoms with Crippen molar-refractivity contribution in [2.24, 2.45) is 0 Å². The first-order valence-corrected chi connectivity index (χ1v) is 4.81. The van der Waals surface area contributed by atoms with Gasteiger partial charge in [0.1, 0.15) is 0 Å². The lowest BCUT2D eigenvalue weighted by Gasteiger charge is -2.10. The van der Waals surface area contributed by atoms with E-state index in [1.165, 1.54) is 6.07 Å². The van der Waals surface area contributed by atoms with Crippen LogP contribution in [0, 0.1) is 10.5 Å². The van der Waals surface area contributed by atoms with Gasteiger partial charge in [-0.05, 0) is 47.2 Å². The smallest absolute Gasteiger partial charge is 0.166 e. The maximum absolute atomic E-state index is 12.3. The fraction of sp³-hybridized carbons (Fsp3) is 0.250. The molecule has 0 amide bonds. The number of halogens is 5. The lowest BCUT2D eigenvalue weighted by Crippen LogP contribution is -2.07. The number of aryl methyl sites for hydroxylation is 1. The van der Waals surface area contributed by atoms with Gasteiger partial charge in [0.2, 0.25) is 0 Å². The molecule has 5 heteroatoms. The molecule has 0 radical (unpaired) electrons. The van der Waals surface area contributed by atoms with Crippen molar-refractivity contribution in [2.75, 3.05) is 0 Å². The van der Waals surface area contributed by atoms with E-state index in [9.17, 15) is 13.2 Å². The summed E-state index contributed by atoms with van der Waals surface area (Å²) in [5.41, 5.74) is -0.190. The average molecular weight is 320 g/mol. The van der Waals surface area contributed by atoms with E-state index in [0.717, 1.165) is 6.07 Å². The minimum absolute atomic E-state index is 0.126. The van der Waals surface area contributed by atoms with E-state index in [1.54, 1.807) is 29.5 Å². The average Bonchev–Trinajstić information content (AvgIpc) is 1.94. The van der Waals surface area contributed by atoms with Crippen molar-refractivity contribution in [3.8, 4) is 0 Å². The second kappa shape index (κ2) is 3.65. The van der Waals surface area contributed by atoms with Crippen molar-refractivity contribution in [2.45, 2.75) is 13.1 Å². The molecule has 0 saturated heterocycles. The standard InChI is InChI=1S/C8H5ClF3I/c1-4-2-5(8(10,11)12)7(13)3-6(4)9/h2-3H,1H3. The van der Waals surface area contributed by atoms with Crippen LogP contribution in [0.1, 0.15) is 11.1 Å². The second-order valence-electron chi connectivity index (χ2n) is 2.58. The predicted octanol–water partition coefficient (Wildman–Crippen LogP) is 4.27.